The van der Waals surface area contributed by atoms with Crippen LogP contribution in [0.1, 0.15) is 5.56 Å². The number of hydrogen-bond acceptors (Lipinski definition) is 6. The lowest BCUT2D eigenvalue weighted by atomic mass is 10.2. The first-order valence-corrected chi connectivity index (χ1v) is 9.93. The van der Waals surface area contributed by atoms with Gasteiger partial charge >= 0.3 is 0 Å². The second-order valence-corrected chi connectivity index (χ2v) is 8.62. The molecule has 9 nitrogen and oxygen atoms in total. The van der Waals surface area contributed by atoms with Crippen LogP contribution in [0, 0.1) is 17.0 Å². The van der Waals surface area contributed by atoms with Crippen molar-refractivity contribution in [2.75, 3.05) is 4.72 Å². The van der Waals surface area contributed by atoms with Crippen LogP contribution in [0.5, 0.6) is 0 Å². The standard InChI is InChI=1S/C13H12ClN3O6S2/c1-8-2-3-9(6-13(8)24(15,20)21)16-25(22,23)10-4-5-11(14)12(7-10)17(18)19/h2-7,16H,1H3,(H2,15,20,21). The van der Waals surface area contributed by atoms with Crippen molar-refractivity contribution in [1.82, 2.24) is 0 Å². The lowest BCUT2D eigenvalue weighted by Gasteiger charge is -2.11. The molecule has 0 heterocycles. The zero-order valence-electron chi connectivity index (χ0n) is 12.6. The molecule has 0 unspecified atom stereocenters. The molecule has 3 N–H and O–H groups in total. The number of anilines is 1. The summed E-state index contributed by atoms with van der Waals surface area (Å²) in [6.07, 6.45) is 0. The highest BCUT2D eigenvalue weighted by Gasteiger charge is 2.21. The molecular weight excluding hydrogens is 394 g/mol. The molecule has 0 spiro atoms. The fourth-order valence-electron chi connectivity index (χ4n) is 1.98. The molecule has 0 bridgehead atoms. The van der Waals surface area contributed by atoms with E-state index < -0.39 is 35.6 Å². The van der Waals surface area contributed by atoms with Crippen LogP contribution in [-0.4, -0.2) is 21.8 Å². The van der Waals surface area contributed by atoms with Crippen LogP contribution in [0.4, 0.5) is 11.4 Å². The van der Waals surface area contributed by atoms with E-state index in [2.05, 4.69) is 4.72 Å². The number of primary sulfonamides is 1. The first-order valence-electron chi connectivity index (χ1n) is 6.52. The number of nitrogens with zero attached hydrogens (tertiary/aromatic N) is 1. The average molecular weight is 406 g/mol. The minimum Gasteiger partial charge on any atom is -0.280 e. The first-order chi connectivity index (χ1) is 11.4. The average Bonchev–Trinajstić information content (AvgIpc) is 2.47. The predicted octanol–water partition coefficient (Wildman–Crippen LogP) is 2.00. The topological polar surface area (TPSA) is 149 Å². The monoisotopic (exact) mass is 405 g/mol. The van der Waals surface area contributed by atoms with Crippen molar-refractivity contribution in [3.63, 3.8) is 0 Å². The van der Waals surface area contributed by atoms with Gasteiger partial charge in [-0.1, -0.05) is 17.7 Å². The van der Waals surface area contributed by atoms with Crippen molar-refractivity contribution in [2.45, 2.75) is 16.7 Å². The summed E-state index contributed by atoms with van der Waals surface area (Å²) in [6, 6.07) is 6.76. The number of nitro groups is 1. The maximum atomic E-state index is 12.4. The van der Waals surface area contributed by atoms with Gasteiger partial charge < -0.3 is 0 Å². The summed E-state index contributed by atoms with van der Waals surface area (Å²) in [5.74, 6) is 0. The van der Waals surface area contributed by atoms with Crippen LogP contribution in [0.2, 0.25) is 5.02 Å². The van der Waals surface area contributed by atoms with Gasteiger partial charge in [-0.2, -0.15) is 0 Å². The molecular formula is C13H12ClN3O6S2. The Morgan fingerprint density at radius 3 is 2.32 bits per heavy atom. The third-order valence-electron chi connectivity index (χ3n) is 3.17. The van der Waals surface area contributed by atoms with Gasteiger partial charge in [0, 0.05) is 6.07 Å². The number of sulfonamides is 2. The van der Waals surface area contributed by atoms with Gasteiger partial charge in [-0.25, -0.2) is 22.0 Å². The summed E-state index contributed by atoms with van der Waals surface area (Å²) < 4.78 is 49.9. The fraction of sp³-hybridized carbons (Fsp3) is 0.0769. The molecule has 0 aliphatic carbocycles. The van der Waals surface area contributed by atoms with Crippen molar-refractivity contribution in [3.05, 3.63) is 57.1 Å². The number of nitro benzene ring substituents is 1. The van der Waals surface area contributed by atoms with Gasteiger partial charge in [-0.15, -0.1) is 0 Å². The largest absolute Gasteiger partial charge is 0.289 e. The van der Waals surface area contributed by atoms with Crippen molar-refractivity contribution in [3.8, 4) is 0 Å². The molecule has 25 heavy (non-hydrogen) atoms. The Balaban J connectivity index is 2.47. The van der Waals surface area contributed by atoms with E-state index in [-0.39, 0.29) is 15.6 Å². The minimum absolute atomic E-state index is 0.0628. The normalized spacial score (nSPS) is 12.0. The Bertz CT molecular complexity index is 1070. The summed E-state index contributed by atoms with van der Waals surface area (Å²) in [4.78, 5) is 9.42. The van der Waals surface area contributed by atoms with Gasteiger partial charge in [0.25, 0.3) is 15.7 Å². The fourth-order valence-corrected chi connectivity index (χ4v) is 4.05. The van der Waals surface area contributed by atoms with Gasteiger partial charge in [-0.3, -0.25) is 14.8 Å². The number of benzene rings is 2. The van der Waals surface area contributed by atoms with E-state index in [0.717, 1.165) is 24.3 Å². The third kappa shape index (κ3) is 4.25. The SMILES string of the molecule is Cc1ccc(NS(=O)(=O)c2ccc(Cl)c([N+](=O)[O-])c2)cc1S(N)(=O)=O. The smallest absolute Gasteiger partial charge is 0.280 e. The zero-order valence-corrected chi connectivity index (χ0v) is 15.0. The molecule has 2 aromatic carbocycles. The van der Waals surface area contributed by atoms with Gasteiger partial charge in [0.15, 0.2) is 0 Å². The summed E-state index contributed by atoms with van der Waals surface area (Å²) in [5.41, 5.74) is -0.293. The number of aryl methyl sites for hydroxylation is 1. The molecule has 0 amide bonds. The maximum Gasteiger partial charge on any atom is 0.289 e. The summed E-state index contributed by atoms with van der Waals surface area (Å²) in [7, 11) is -8.25. The van der Waals surface area contributed by atoms with E-state index in [1.165, 1.54) is 19.1 Å². The van der Waals surface area contributed by atoms with Crippen molar-refractivity contribution >= 4 is 43.0 Å². The van der Waals surface area contributed by atoms with Gasteiger partial charge in [-0.05, 0) is 36.8 Å². The predicted molar refractivity (Wildman–Crippen MR) is 91.5 cm³/mol. The maximum absolute atomic E-state index is 12.4. The number of nitrogens with one attached hydrogen (secondary N) is 1. The summed E-state index contributed by atoms with van der Waals surface area (Å²) in [5, 5.41) is 15.7. The first kappa shape index (κ1) is 19.1. The van der Waals surface area contributed by atoms with Crippen LogP contribution in [-0.2, 0) is 20.0 Å². The van der Waals surface area contributed by atoms with E-state index in [1.807, 2.05) is 0 Å². The molecule has 0 radical (unpaired) electrons. The van der Waals surface area contributed by atoms with Crippen LogP contribution >= 0.6 is 11.6 Å². The Morgan fingerprint density at radius 1 is 1.12 bits per heavy atom. The van der Waals surface area contributed by atoms with Crippen LogP contribution in [0.3, 0.4) is 0 Å². The summed E-state index contributed by atoms with van der Waals surface area (Å²) in [6.45, 7) is 1.50. The van der Waals surface area contributed by atoms with Gasteiger partial charge in [0.2, 0.25) is 10.0 Å². The highest BCUT2D eigenvalue weighted by molar-refractivity contribution is 7.92. The van der Waals surface area contributed by atoms with Crippen molar-refractivity contribution < 1.29 is 21.8 Å². The number of hydrogen-bond donors (Lipinski definition) is 2. The molecule has 0 saturated heterocycles. The number of nitrogens with two attached hydrogens (primary N) is 1. The van der Waals surface area contributed by atoms with Crippen LogP contribution < -0.4 is 9.86 Å². The van der Waals surface area contributed by atoms with E-state index >= 15 is 0 Å². The Morgan fingerprint density at radius 2 is 1.76 bits per heavy atom. The lowest BCUT2D eigenvalue weighted by Crippen LogP contribution is -2.16. The van der Waals surface area contributed by atoms with Crippen LogP contribution in [0.25, 0.3) is 0 Å². The second kappa shape index (κ2) is 6.59. The van der Waals surface area contributed by atoms with Crippen LogP contribution in [0.15, 0.2) is 46.2 Å². The molecule has 12 heteroatoms. The number of rotatable bonds is 5. The van der Waals surface area contributed by atoms with Gasteiger partial charge in [0.1, 0.15) is 5.02 Å². The summed E-state index contributed by atoms with van der Waals surface area (Å²) >= 11 is 5.65. The molecule has 0 aromatic heterocycles. The second-order valence-electron chi connectivity index (χ2n) is 5.00. The van der Waals surface area contributed by atoms with E-state index in [1.54, 1.807) is 0 Å². The van der Waals surface area contributed by atoms with Crippen molar-refractivity contribution in [1.29, 1.82) is 0 Å². The number of halogens is 1. The highest BCUT2D eigenvalue weighted by Crippen LogP contribution is 2.28. The molecule has 0 fully saturated rings. The molecule has 2 aromatic rings. The molecule has 0 aliphatic heterocycles. The van der Waals surface area contributed by atoms with E-state index in [0.29, 0.717) is 5.56 Å². The Labute approximate surface area is 148 Å². The van der Waals surface area contributed by atoms with E-state index in [9.17, 15) is 26.9 Å². The van der Waals surface area contributed by atoms with Gasteiger partial charge in [0.05, 0.1) is 20.4 Å². The van der Waals surface area contributed by atoms with Crippen molar-refractivity contribution in [2.24, 2.45) is 5.14 Å². The molecule has 2 rings (SSSR count). The molecule has 134 valence electrons. The lowest BCUT2D eigenvalue weighted by molar-refractivity contribution is -0.384. The zero-order chi connectivity index (χ0) is 19.0. The van der Waals surface area contributed by atoms with E-state index in [4.69, 9.17) is 16.7 Å². The highest BCUT2D eigenvalue weighted by atomic mass is 35.5. The minimum atomic E-state index is -4.21. The Kier molecular flexibility index (Phi) is 5.04. The quantitative estimate of drug-likeness (QED) is 0.573. The molecule has 0 atom stereocenters. The molecule has 0 aliphatic rings. The third-order valence-corrected chi connectivity index (χ3v) is 5.92. The molecule has 0 saturated carbocycles. The Hall–Kier alpha value is -2.21.